The van der Waals surface area contributed by atoms with Crippen molar-refractivity contribution in [1.29, 1.82) is 0 Å². The van der Waals surface area contributed by atoms with Crippen LogP contribution in [0.5, 0.6) is 5.75 Å². The molecule has 0 saturated carbocycles. The van der Waals surface area contributed by atoms with Gasteiger partial charge in [-0.05, 0) is 61.5 Å². The third-order valence-corrected chi connectivity index (χ3v) is 4.34. The number of benzene rings is 2. The lowest BCUT2D eigenvalue weighted by molar-refractivity contribution is 0.0680. The normalized spacial score (nSPS) is 16.1. The van der Waals surface area contributed by atoms with E-state index in [-0.39, 0.29) is 17.1 Å². The van der Waals surface area contributed by atoms with E-state index in [1.54, 1.807) is 24.3 Å². The van der Waals surface area contributed by atoms with E-state index in [1.165, 1.54) is 0 Å². The Bertz CT molecular complexity index is 777. The van der Waals surface area contributed by atoms with Crippen molar-refractivity contribution < 1.29 is 14.3 Å². The topological polar surface area (TPSA) is 59.6 Å². The molecule has 0 aromatic heterocycles. The molecule has 1 aliphatic heterocycles. The van der Waals surface area contributed by atoms with Gasteiger partial charge in [0.25, 0.3) is 5.91 Å². The molecule has 2 aromatic carbocycles. The lowest BCUT2D eigenvalue weighted by Gasteiger charge is -2.13. The van der Waals surface area contributed by atoms with E-state index in [4.69, 9.17) is 33.3 Å². The number of ether oxygens (including phenoxy) is 2. The van der Waals surface area contributed by atoms with Gasteiger partial charge in [0, 0.05) is 28.9 Å². The number of thiocarbonyl (C=S) groups is 1. The van der Waals surface area contributed by atoms with Gasteiger partial charge in [0.15, 0.2) is 5.11 Å². The molecular formula is C19H19ClN2O3S. The molecule has 3 rings (SSSR count). The lowest BCUT2D eigenvalue weighted by atomic mass is 10.2. The van der Waals surface area contributed by atoms with Crippen LogP contribution in [-0.4, -0.2) is 30.3 Å². The van der Waals surface area contributed by atoms with E-state index in [1.807, 2.05) is 24.3 Å². The minimum atomic E-state index is -0.301. The average molecular weight is 391 g/mol. The summed E-state index contributed by atoms with van der Waals surface area (Å²) >= 11 is 11.0. The standard InChI is InChI=1S/C19H19ClN2O3S/c20-14-8-6-13(7-9-14)18(23)22-19(26)21-15-3-1-4-16(11-15)25-12-17-5-2-10-24-17/h1,3-4,6-9,11,17H,2,5,10,12H2,(H2,21,22,23,26). The molecule has 7 heteroatoms. The van der Waals surface area contributed by atoms with Gasteiger partial charge in [-0.15, -0.1) is 0 Å². The van der Waals surface area contributed by atoms with Crippen LogP contribution in [0.3, 0.4) is 0 Å². The van der Waals surface area contributed by atoms with Gasteiger partial charge >= 0.3 is 0 Å². The molecule has 1 aliphatic rings. The molecule has 2 aromatic rings. The maximum absolute atomic E-state index is 12.2. The van der Waals surface area contributed by atoms with Crippen molar-refractivity contribution in [3.8, 4) is 5.75 Å². The Hall–Kier alpha value is -2.15. The number of halogens is 1. The maximum atomic E-state index is 12.2. The second kappa shape index (κ2) is 8.98. The van der Waals surface area contributed by atoms with Crippen molar-refractivity contribution in [3.63, 3.8) is 0 Å². The van der Waals surface area contributed by atoms with Gasteiger partial charge < -0.3 is 14.8 Å². The molecule has 0 spiro atoms. The zero-order valence-electron chi connectivity index (χ0n) is 14.0. The van der Waals surface area contributed by atoms with Crippen LogP contribution in [0.4, 0.5) is 5.69 Å². The van der Waals surface area contributed by atoms with Crippen LogP contribution >= 0.6 is 23.8 Å². The molecule has 1 unspecified atom stereocenters. The summed E-state index contributed by atoms with van der Waals surface area (Å²) in [5.41, 5.74) is 1.21. The molecule has 1 amide bonds. The Morgan fingerprint density at radius 3 is 2.81 bits per heavy atom. The summed E-state index contributed by atoms with van der Waals surface area (Å²) < 4.78 is 11.3. The lowest BCUT2D eigenvalue weighted by Crippen LogP contribution is -2.34. The van der Waals surface area contributed by atoms with E-state index in [2.05, 4.69) is 10.6 Å². The van der Waals surface area contributed by atoms with Gasteiger partial charge in [0.2, 0.25) is 0 Å². The SMILES string of the molecule is O=C(NC(=S)Nc1cccc(OCC2CCCO2)c1)c1ccc(Cl)cc1. The summed E-state index contributed by atoms with van der Waals surface area (Å²) in [5, 5.41) is 6.40. The van der Waals surface area contributed by atoms with Crippen molar-refractivity contribution in [3.05, 3.63) is 59.1 Å². The molecule has 1 saturated heterocycles. The smallest absolute Gasteiger partial charge is 0.257 e. The Labute approximate surface area is 162 Å². The van der Waals surface area contributed by atoms with Gasteiger partial charge in [-0.25, -0.2) is 0 Å². The van der Waals surface area contributed by atoms with E-state index in [0.29, 0.717) is 17.2 Å². The quantitative estimate of drug-likeness (QED) is 0.755. The number of hydrogen-bond donors (Lipinski definition) is 2. The predicted octanol–water partition coefficient (Wildman–Crippen LogP) is 4.02. The highest BCUT2D eigenvalue weighted by atomic mass is 35.5. The molecule has 1 atom stereocenters. The summed E-state index contributed by atoms with van der Waals surface area (Å²) in [5.74, 6) is 0.419. The zero-order chi connectivity index (χ0) is 18.4. The van der Waals surface area contributed by atoms with Crippen molar-refractivity contribution in [2.45, 2.75) is 18.9 Å². The molecule has 0 radical (unpaired) electrons. The maximum Gasteiger partial charge on any atom is 0.257 e. The third kappa shape index (κ3) is 5.42. The van der Waals surface area contributed by atoms with E-state index < -0.39 is 0 Å². The summed E-state index contributed by atoms with van der Waals surface area (Å²) in [7, 11) is 0. The predicted molar refractivity (Wildman–Crippen MR) is 106 cm³/mol. The fourth-order valence-electron chi connectivity index (χ4n) is 2.57. The summed E-state index contributed by atoms with van der Waals surface area (Å²) in [6, 6.07) is 14.0. The van der Waals surface area contributed by atoms with Crippen LogP contribution in [-0.2, 0) is 4.74 Å². The van der Waals surface area contributed by atoms with Crippen molar-refractivity contribution in [2.75, 3.05) is 18.5 Å². The first-order valence-corrected chi connectivity index (χ1v) is 9.11. The number of rotatable bonds is 5. The largest absolute Gasteiger partial charge is 0.491 e. The molecule has 2 N–H and O–H groups in total. The monoisotopic (exact) mass is 390 g/mol. The molecule has 26 heavy (non-hydrogen) atoms. The highest BCUT2D eigenvalue weighted by Crippen LogP contribution is 2.19. The first-order valence-electron chi connectivity index (χ1n) is 8.32. The van der Waals surface area contributed by atoms with Crippen LogP contribution in [0, 0.1) is 0 Å². The summed E-state index contributed by atoms with van der Waals surface area (Å²) in [6.45, 7) is 1.33. The Balaban J connectivity index is 1.52. The molecular weight excluding hydrogens is 372 g/mol. The van der Waals surface area contributed by atoms with Gasteiger partial charge in [-0.1, -0.05) is 17.7 Å². The zero-order valence-corrected chi connectivity index (χ0v) is 15.6. The number of carbonyl (C=O) groups is 1. The Kier molecular flexibility index (Phi) is 6.44. The first kappa shape index (κ1) is 18.6. The highest BCUT2D eigenvalue weighted by Gasteiger charge is 2.16. The highest BCUT2D eigenvalue weighted by molar-refractivity contribution is 7.80. The van der Waals surface area contributed by atoms with E-state index >= 15 is 0 Å². The Morgan fingerprint density at radius 2 is 2.08 bits per heavy atom. The number of amides is 1. The van der Waals surface area contributed by atoms with Crippen LogP contribution in [0.1, 0.15) is 23.2 Å². The van der Waals surface area contributed by atoms with Crippen molar-refractivity contribution in [2.24, 2.45) is 0 Å². The molecule has 1 fully saturated rings. The molecule has 0 aliphatic carbocycles. The first-order chi connectivity index (χ1) is 12.6. The average Bonchev–Trinajstić information content (AvgIpc) is 3.14. The second-order valence-corrected chi connectivity index (χ2v) is 6.73. The number of anilines is 1. The van der Waals surface area contributed by atoms with Gasteiger partial charge in [0.1, 0.15) is 12.4 Å². The van der Waals surface area contributed by atoms with Gasteiger partial charge in [0.05, 0.1) is 6.10 Å². The minimum absolute atomic E-state index is 0.159. The van der Waals surface area contributed by atoms with E-state index in [9.17, 15) is 4.79 Å². The van der Waals surface area contributed by atoms with Crippen LogP contribution < -0.4 is 15.4 Å². The van der Waals surface area contributed by atoms with Crippen LogP contribution in [0.25, 0.3) is 0 Å². The Morgan fingerprint density at radius 1 is 1.27 bits per heavy atom. The second-order valence-electron chi connectivity index (χ2n) is 5.89. The molecule has 5 nitrogen and oxygen atoms in total. The van der Waals surface area contributed by atoms with Crippen molar-refractivity contribution in [1.82, 2.24) is 5.32 Å². The number of nitrogens with one attached hydrogen (secondary N) is 2. The minimum Gasteiger partial charge on any atom is -0.491 e. The van der Waals surface area contributed by atoms with Gasteiger partial charge in [-0.2, -0.15) is 0 Å². The van der Waals surface area contributed by atoms with Gasteiger partial charge in [-0.3, -0.25) is 10.1 Å². The number of hydrogen-bond acceptors (Lipinski definition) is 4. The van der Waals surface area contributed by atoms with Crippen LogP contribution in [0.2, 0.25) is 5.02 Å². The molecule has 136 valence electrons. The summed E-state index contributed by atoms with van der Waals surface area (Å²) in [4.78, 5) is 12.2. The van der Waals surface area contributed by atoms with E-state index in [0.717, 1.165) is 30.9 Å². The number of carbonyl (C=O) groups excluding carboxylic acids is 1. The summed E-state index contributed by atoms with van der Waals surface area (Å²) in [6.07, 6.45) is 2.27. The van der Waals surface area contributed by atoms with Crippen molar-refractivity contribution >= 4 is 40.5 Å². The molecule has 0 bridgehead atoms. The third-order valence-electron chi connectivity index (χ3n) is 3.89. The fourth-order valence-corrected chi connectivity index (χ4v) is 2.90. The van der Waals surface area contributed by atoms with Crippen LogP contribution in [0.15, 0.2) is 48.5 Å². The molecule has 1 heterocycles. The fraction of sp³-hybridized carbons (Fsp3) is 0.263.